The van der Waals surface area contributed by atoms with Gasteiger partial charge < -0.3 is 5.11 Å². The van der Waals surface area contributed by atoms with E-state index in [9.17, 15) is 4.79 Å². The van der Waals surface area contributed by atoms with Gasteiger partial charge in [0.05, 0.1) is 6.26 Å². The van der Waals surface area contributed by atoms with Gasteiger partial charge in [0.1, 0.15) is 0 Å². The van der Waals surface area contributed by atoms with Crippen LogP contribution < -0.4 is 0 Å². The van der Waals surface area contributed by atoms with Crippen LogP contribution in [0.3, 0.4) is 0 Å². The Balaban J connectivity index is 2.96. The van der Waals surface area contributed by atoms with Crippen LogP contribution in [0.1, 0.15) is 10.4 Å². The summed E-state index contributed by atoms with van der Waals surface area (Å²) in [7, 11) is 0. The zero-order valence-corrected chi connectivity index (χ0v) is 7.78. The van der Waals surface area contributed by atoms with E-state index in [4.69, 9.17) is 5.11 Å². The van der Waals surface area contributed by atoms with Crippen LogP contribution in [0.5, 0.6) is 0 Å². The number of carbonyl (C=O) groups is 1. The molecule has 12 heavy (non-hydrogen) atoms. The molecular weight excluding hydrogens is 220 g/mol. The van der Waals surface area contributed by atoms with E-state index in [0.717, 1.165) is 16.8 Å². The van der Waals surface area contributed by atoms with E-state index < -0.39 is 0 Å². The average molecular weight is 227 g/mol. The Hall–Kier alpha value is -1.09. The molecule has 0 radical (unpaired) electrons. The van der Waals surface area contributed by atoms with Gasteiger partial charge in [-0.3, -0.25) is 4.79 Å². The molecule has 0 bridgehead atoms. The third-order valence-electron chi connectivity index (χ3n) is 1.34. The molecule has 62 valence electrons. The van der Waals surface area contributed by atoms with E-state index in [1.54, 1.807) is 18.2 Å². The summed E-state index contributed by atoms with van der Waals surface area (Å²) >= 11 is 3.24. The smallest absolute Gasteiger partial charge is 0.188 e. The van der Waals surface area contributed by atoms with Crippen LogP contribution in [0.2, 0.25) is 0 Å². The molecule has 0 saturated carbocycles. The van der Waals surface area contributed by atoms with Gasteiger partial charge >= 0.3 is 0 Å². The number of aliphatic hydroxyl groups is 1. The van der Waals surface area contributed by atoms with Crippen molar-refractivity contribution in [3.8, 4) is 0 Å². The van der Waals surface area contributed by atoms with E-state index in [0.29, 0.717) is 5.56 Å². The molecule has 1 aromatic rings. The number of halogens is 1. The first-order valence-corrected chi connectivity index (χ1v) is 4.14. The molecule has 1 rings (SSSR count). The quantitative estimate of drug-likeness (QED) is 0.479. The monoisotopic (exact) mass is 226 g/mol. The Labute approximate surface area is 78.7 Å². The molecule has 0 aliphatic heterocycles. The molecule has 0 amide bonds. The summed E-state index contributed by atoms with van der Waals surface area (Å²) < 4.78 is 0.847. The molecule has 0 saturated heterocycles. The van der Waals surface area contributed by atoms with Gasteiger partial charge in [-0.2, -0.15) is 0 Å². The lowest BCUT2D eigenvalue weighted by atomic mass is 10.1. The van der Waals surface area contributed by atoms with Gasteiger partial charge in [0.15, 0.2) is 5.78 Å². The third-order valence-corrected chi connectivity index (χ3v) is 1.83. The number of hydrogen-bond acceptors (Lipinski definition) is 2. The van der Waals surface area contributed by atoms with Crippen molar-refractivity contribution in [1.29, 1.82) is 0 Å². The zero-order chi connectivity index (χ0) is 8.97. The largest absolute Gasteiger partial charge is 0.515 e. The van der Waals surface area contributed by atoms with E-state index in [-0.39, 0.29) is 5.78 Å². The number of allylic oxidation sites excluding steroid dienone is 1. The van der Waals surface area contributed by atoms with Gasteiger partial charge in [0.2, 0.25) is 0 Å². The first kappa shape index (κ1) is 9.00. The average Bonchev–Trinajstić information content (AvgIpc) is 2.05. The Kier molecular flexibility index (Phi) is 3.05. The SMILES string of the molecule is O=C(C=CO)c1cccc(Br)c1. The first-order valence-electron chi connectivity index (χ1n) is 3.34. The normalized spacial score (nSPS) is 10.4. The molecule has 1 N–H and O–H groups in total. The van der Waals surface area contributed by atoms with E-state index in [1.807, 2.05) is 6.07 Å². The Morgan fingerprint density at radius 3 is 2.83 bits per heavy atom. The molecular formula is C9H7BrO2. The van der Waals surface area contributed by atoms with Crippen molar-refractivity contribution in [1.82, 2.24) is 0 Å². The van der Waals surface area contributed by atoms with Crippen LogP contribution in [0.15, 0.2) is 41.1 Å². The number of benzene rings is 1. The fourth-order valence-corrected chi connectivity index (χ4v) is 1.20. The second-order valence-electron chi connectivity index (χ2n) is 2.19. The number of ketones is 1. The van der Waals surface area contributed by atoms with Crippen molar-refractivity contribution >= 4 is 21.7 Å². The molecule has 0 atom stereocenters. The predicted molar refractivity (Wildman–Crippen MR) is 50.2 cm³/mol. The molecule has 3 heteroatoms. The van der Waals surface area contributed by atoms with Crippen molar-refractivity contribution in [3.05, 3.63) is 46.6 Å². The van der Waals surface area contributed by atoms with Crippen LogP contribution in [0, 0.1) is 0 Å². The van der Waals surface area contributed by atoms with Crippen LogP contribution in [-0.4, -0.2) is 10.9 Å². The van der Waals surface area contributed by atoms with Crippen molar-refractivity contribution in [2.45, 2.75) is 0 Å². The minimum Gasteiger partial charge on any atom is -0.515 e. The molecule has 0 aliphatic rings. The minimum atomic E-state index is -0.209. The van der Waals surface area contributed by atoms with Gasteiger partial charge in [-0.1, -0.05) is 28.1 Å². The van der Waals surface area contributed by atoms with Gasteiger partial charge in [0, 0.05) is 16.1 Å². The molecule has 0 spiro atoms. The van der Waals surface area contributed by atoms with Crippen molar-refractivity contribution in [2.75, 3.05) is 0 Å². The molecule has 0 fully saturated rings. The summed E-state index contributed by atoms with van der Waals surface area (Å²) in [6.45, 7) is 0. The Morgan fingerprint density at radius 1 is 1.50 bits per heavy atom. The highest BCUT2D eigenvalue weighted by molar-refractivity contribution is 9.10. The van der Waals surface area contributed by atoms with Crippen molar-refractivity contribution in [2.24, 2.45) is 0 Å². The second kappa shape index (κ2) is 4.07. The minimum absolute atomic E-state index is 0.209. The fourth-order valence-electron chi connectivity index (χ4n) is 0.806. The maximum absolute atomic E-state index is 11.1. The summed E-state index contributed by atoms with van der Waals surface area (Å²) in [5.41, 5.74) is 0.551. The van der Waals surface area contributed by atoms with E-state index in [2.05, 4.69) is 15.9 Å². The van der Waals surface area contributed by atoms with Gasteiger partial charge in [-0.25, -0.2) is 0 Å². The standard InChI is InChI=1S/C9H7BrO2/c10-8-3-1-2-7(6-8)9(12)4-5-11/h1-6,11H. The Morgan fingerprint density at radius 2 is 2.25 bits per heavy atom. The zero-order valence-electron chi connectivity index (χ0n) is 6.20. The van der Waals surface area contributed by atoms with Gasteiger partial charge in [-0.05, 0) is 12.1 Å². The predicted octanol–water partition coefficient (Wildman–Crippen LogP) is 2.70. The molecule has 0 unspecified atom stereocenters. The molecule has 2 nitrogen and oxygen atoms in total. The molecule has 0 heterocycles. The highest BCUT2D eigenvalue weighted by Gasteiger charge is 2.00. The second-order valence-corrected chi connectivity index (χ2v) is 3.11. The lowest BCUT2D eigenvalue weighted by Crippen LogP contribution is -1.93. The van der Waals surface area contributed by atoms with Gasteiger partial charge in [-0.15, -0.1) is 0 Å². The van der Waals surface area contributed by atoms with Crippen LogP contribution in [0.4, 0.5) is 0 Å². The maximum atomic E-state index is 11.1. The number of carbonyl (C=O) groups excluding carboxylic acids is 1. The lowest BCUT2D eigenvalue weighted by molar-refractivity contribution is 0.104. The van der Waals surface area contributed by atoms with E-state index in [1.165, 1.54) is 0 Å². The maximum Gasteiger partial charge on any atom is 0.188 e. The van der Waals surface area contributed by atoms with Crippen LogP contribution in [-0.2, 0) is 0 Å². The van der Waals surface area contributed by atoms with Crippen LogP contribution in [0.25, 0.3) is 0 Å². The summed E-state index contributed by atoms with van der Waals surface area (Å²) in [4.78, 5) is 11.1. The van der Waals surface area contributed by atoms with Crippen LogP contribution >= 0.6 is 15.9 Å². The lowest BCUT2D eigenvalue weighted by Gasteiger charge is -1.94. The molecule has 0 aliphatic carbocycles. The van der Waals surface area contributed by atoms with Gasteiger partial charge in [0.25, 0.3) is 0 Å². The molecule has 0 aromatic heterocycles. The summed E-state index contributed by atoms with van der Waals surface area (Å²) in [5, 5.41) is 8.35. The molecule has 1 aromatic carbocycles. The van der Waals surface area contributed by atoms with E-state index >= 15 is 0 Å². The highest BCUT2D eigenvalue weighted by Crippen LogP contribution is 2.12. The Bertz CT molecular complexity index is 318. The third kappa shape index (κ3) is 2.20. The number of rotatable bonds is 2. The van der Waals surface area contributed by atoms with Crippen molar-refractivity contribution in [3.63, 3.8) is 0 Å². The summed E-state index contributed by atoms with van der Waals surface area (Å²) in [5.74, 6) is -0.209. The topological polar surface area (TPSA) is 37.3 Å². The number of aliphatic hydroxyl groups excluding tert-OH is 1. The van der Waals surface area contributed by atoms with Crippen molar-refractivity contribution < 1.29 is 9.90 Å². The fraction of sp³-hybridized carbons (Fsp3) is 0. The highest BCUT2D eigenvalue weighted by atomic mass is 79.9. The summed E-state index contributed by atoms with van der Waals surface area (Å²) in [6, 6.07) is 6.98. The summed E-state index contributed by atoms with van der Waals surface area (Å²) in [6.07, 6.45) is 1.85. The number of hydrogen-bond donors (Lipinski definition) is 1. The first-order chi connectivity index (χ1) is 5.74.